The molecule has 1 aromatic carbocycles. The summed E-state index contributed by atoms with van der Waals surface area (Å²) in [5, 5.41) is 12.3. The Bertz CT molecular complexity index is 653. The molecule has 1 saturated heterocycles. The predicted octanol–water partition coefficient (Wildman–Crippen LogP) is 1.69. The molecule has 0 radical (unpaired) electrons. The quantitative estimate of drug-likeness (QED) is 0.882. The monoisotopic (exact) mass is 286 g/mol. The number of carbonyl (C=O) groups is 1. The number of urea groups is 1. The number of carbonyl (C=O) groups excluding carboxylic acids is 1. The van der Waals surface area contributed by atoms with E-state index in [4.69, 9.17) is 0 Å². The molecule has 1 fully saturated rings. The van der Waals surface area contributed by atoms with E-state index in [-0.39, 0.29) is 6.03 Å². The van der Waals surface area contributed by atoms with Crippen molar-refractivity contribution in [2.75, 3.05) is 18.4 Å². The number of hydrogen-bond acceptors (Lipinski definition) is 3. The highest BCUT2D eigenvalue weighted by Gasteiger charge is 2.24. The van der Waals surface area contributed by atoms with E-state index in [2.05, 4.69) is 10.3 Å². The van der Waals surface area contributed by atoms with Gasteiger partial charge < -0.3 is 19.9 Å². The van der Waals surface area contributed by atoms with Crippen molar-refractivity contribution in [3.05, 3.63) is 36.7 Å². The van der Waals surface area contributed by atoms with E-state index in [9.17, 15) is 9.90 Å². The summed E-state index contributed by atoms with van der Waals surface area (Å²) >= 11 is 0. The molecule has 1 aliphatic heterocycles. The maximum Gasteiger partial charge on any atom is 0.321 e. The Morgan fingerprint density at radius 3 is 3.00 bits per heavy atom. The molecule has 2 N–H and O–H groups in total. The summed E-state index contributed by atoms with van der Waals surface area (Å²) in [5.74, 6) is 0.850. The number of nitrogens with zero attached hydrogens (tertiary/aromatic N) is 3. The summed E-state index contributed by atoms with van der Waals surface area (Å²) in [7, 11) is 1.93. The van der Waals surface area contributed by atoms with E-state index in [0.29, 0.717) is 19.5 Å². The van der Waals surface area contributed by atoms with Gasteiger partial charge in [-0.05, 0) is 18.6 Å². The van der Waals surface area contributed by atoms with Gasteiger partial charge in [-0.3, -0.25) is 0 Å². The summed E-state index contributed by atoms with van der Waals surface area (Å²) in [6.07, 6.45) is 3.86. The fourth-order valence-corrected chi connectivity index (χ4v) is 2.51. The van der Waals surface area contributed by atoms with Crippen LogP contribution in [0.5, 0.6) is 0 Å². The normalized spacial score (nSPS) is 18.0. The lowest BCUT2D eigenvalue weighted by molar-refractivity contribution is 0.176. The summed E-state index contributed by atoms with van der Waals surface area (Å²) < 4.78 is 1.93. The van der Waals surface area contributed by atoms with Crippen molar-refractivity contribution in [3.8, 4) is 11.4 Å². The molecule has 0 bridgehead atoms. The van der Waals surface area contributed by atoms with Gasteiger partial charge >= 0.3 is 6.03 Å². The molecule has 110 valence electrons. The molecule has 1 unspecified atom stereocenters. The fraction of sp³-hybridized carbons (Fsp3) is 0.333. The van der Waals surface area contributed by atoms with E-state index < -0.39 is 6.10 Å². The summed E-state index contributed by atoms with van der Waals surface area (Å²) in [6.45, 7) is 0.983. The number of aromatic nitrogens is 2. The Hall–Kier alpha value is -2.34. The molecule has 0 spiro atoms. The van der Waals surface area contributed by atoms with Crippen molar-refractivity contribution in [2.45, 2.75) is 12.5 Å². The van der Waals surface area contributed by atoms with Gasteiger partial charge in [0.1, 0.15) is 5.82 Å². The van der Waals surface area contributed by atoms with Crippen LogP contribution in [0.25, 0.3) is 11.4 Å². The number of β-amino-alcohol motifs (C(OH)–C–C–N with tert-alkyl or cyclic N) is 1. The number of imidazole rings is 1. The Morgan fingerprint density at radius 1 is 1.48 bits per heavy atom. The number of anilines is 1. The maximum absolute atomic E-state index is 12.1. The van der Waals surface area contributed by atoms with Gasteiger partial charge in [-0.15, -0.1) is 0 Å². The van der Waals surface area contributed by atoms with Crippen LogP contribution >= 0.6 is 0 Å². The van der Waals surface area contributed by atoms with Gasteiger partial charge in [0.15, 0.2) is 0 Å². The van der Waals surface area contributed by atoms with Crippen LogP contribution in [0.2, 0.25) is 0 Å². The van der Waals surface area contributed by atoms with E-state index in [1.807, 2.05) is 42.1 Å². The van der Waals surface area contributed by atoms with Crippen LogP contribution < -0.4 is 5.32 Å². The Kier molecular flexibility index (Phi) is 3.62. The van der Waals surface area contributed by atoms with Crippen molar-refractivity contribution >= 4 is 11.7 Å². The summed E-state index contributed by atoms with van der Waals surface area (Å²) in [4.78, 5) is 18.0. The number of amides is 2. The number of aryl methyl sites for hydroxylation is 1. The first-order chi connectivity index (χ1) is 10.1. The number of aliphatic hydroxyl groups is 1. The van der Waals surface area contributed by atoms with Crippen LogP contribution in [0.4, 0.5) is 10.5 Å². The second-order valence-electron chi connectivity index (χ2n) is 5.26. The molecule has 0 saturated carbocycles. The molecule has 2 heterocycles. The topological polar surface area (TPSA) is 70.4 Å². The number of benzene rings is 1. The molecule has 1 aliphatic rings. The summed E-state index contributed by atoms with van der Waals surface area (Å²) in [6, 6.07) is 7.41. The number of aliphatic hydroxyl groups excluding tert-OH is 1. The van der Waals surface area contributed by atoms with Crippen LogP contribution in [-0.4, -0.2) is 44.8 Å². The van der Waals surface area contributed by atoms with Gasteiger partial charge in [-0.1, -0.05) is 12.1 Å². The lowest BCUT2D eigenvalue weighted by Gasteiger charge is -2.16. The van der Waals surface area contributed by atoms with Crippen molar-refractivity contribution in [3.63, 3.8) is 0 Å². The van der Waals surface area contributed by atoms with Gasteiger partial charge in [-0.25, -0.2) is 9.78 Å². The first-order valence-corrected chi connectivity index (χ1v) is 6.95. The smallest absolute Gasteiger partial charge is 0.321 e. The highest BCUT2D eigenvalue weighted by Crippen LogP contribution is 2.21. The third-order valence-electron chi connectivity index (χ3n) is 3.64. The highest BCUT2D eigenvalue weighted by atomic mass is 16.3. The van der Waals surface area contributed by atoms with E-state index in [1.165, 1.54) is 0 Å². The average molecular weight is 286 g/mol. The first kappa shape index (κ1) is 13.6. The molecule has 2 amide bonds. The minimum Gasteiger partial charge on any atom is -0.391 e. The zero-order valence-electron chi connectivity index (χ0n) is 11.9. The third kappa shape index (κ3) is 2.90. The van der Waals surface area contributed by atoms with Gasteiger partial charge in [-0.2, -0.15) is 0 Å². The Balaban J connectivity index is 1.75. The Morgan fingerprint density at radius 2 is 2.33 bits per heavy atom. The van der Waals surface area contributed by atoms with Crippen LogP contribution in [0.15, 0.2) is 36.7 Å². The molecular weight excluding hydrogens is 268 g/mol. The third-order valence-corrected chi connectivity index (χ3v) is 3.64. The molecule has 2 aromatic rings. The molecule has 1 aromatic heterocycles. The van der Waals surface area contributed by atoms with Crippen LogP contribution in [-0.2, 0) is 7.05 Å². The zero-order valence-corrected chi connectivity index (χ0v) is 11.9. The molecule has 21 heavy (non-hydrogen) atoms. The molecular formula is C15H18N4O2. The predicted molar refractivity (Wildman–Crippen MR) is 79.9 cm³/mol. The van der Waals surface area contributed by atoms with E-state index >= 15 is 0 Å². The van der Waals surface area contributed by atoms with Crippen molar-refractivity contribution in [1.82, 2.24) is 14.5 Å². The second-order valence-corrected chi connectivity index (χ2v) is 5.26. The molecule has 3 rings (SSSR count). The van der Waals surface area contributed by atoms with Crippen LogP contribution in [0.1, 0.15) is 6.42 Å². The van der Waals surface area contributed by atoms with Gasteiger partial charge in [0.05, 0.1) is 6.10 Å². The highest BCUT2D eigenvalue weighted by molar-refractivity contribution is 5.90. The lowest BCUT2D eigenvalue weighted by Crippen LogP contribution is -2.33. The molecule has 6 heteroatoms. The number of hydrogen-bond donors (Lipinski definition) is 2. The van der Waals surface area contributed by atoms with Crippen molar-refractivity contribution in [1.29, 1.82) is 0 Å². The first-order valence-electron chi connectivity index (χ1n) is 6.95. The number of rotatable bonds is 2. The van der Waals surface area contributed by atoms with Gasteiger partial charge in [0, 0.05) is 43.8 Å². The van der Waals surface area contributed by atoms with Crippen LogP contribution in [0, 0.1) is 0 Å². The zero-order chi connectivity index (χ0) is 14.8. The molecule has 6 nitrogen and oxygen atoms in total. The summed E-state index contributed by atoms with van der Waals surface area (Å²) in [5.41, 5.74) is 1.67. The molecule has 1 atom stereocenters. The molecule has 0 aliphatic carbocycles. The standard InChI is InChI=1S/C15H18N4O2/c1-18-8-6-16-14(18)11-3-2-4-12(9-11)17-15(21)19-7-5-13(20)10-19/h2-4,6,8-9,13,20H,5,7,10H2,1H3,(H,17,21). The van der Waals surface area contributed by atoms with E-state index in [1.54, 1.807) is 11.1 Å². The van der Waals surface area contributed by atoms with Crippen molar-refractivity contribution in [2.24, 2.45) is 7.05 Å². The SMILES string of the molecule is Cn1ccnc1-c1cccc(NC(=O)N2CCC(O)C2)c1. The maximum atomic E-state index is 12.1. The van der Waals surface area contributed by atoms with Gasteiger partial charge in [0.2, 0.25) is 0 Å². The lowest BCUT2D eigenvalue weighted by atomic mass is 10.2. The minimum atomic E-state index is -0.408. The van der Waals surface area contributed by atoms with Crippen LogP contribution in [0.3, 0.4) is 0 Å². The van der Waals surface area contributed by atoms with Gasteiger partial charge in [0.25, 0.3) is 0 Å². The van der Waals surface area contributed by atoms with Crippen molar-refractivity contribution < 1.29 is 9.90 Å². The average Bonchev–Trinajstić information content (AvgIpc) is 3.08. The van der Waals surface area contributed by atoms with E-state index in [0.717, 1.165) is 17.1 Å². The Labute approximate surface area is 123 Å². The largest absolute Gasteiger partial charge is 0.391 e. The number of likely N-dealkylation sites (tertiary alicyclic amines) is 1. The fourth-order valence-electron chi connectivity index (χ4n) is 2.51. The number of nitrogens with one attached hydrogen (secondary N) is 1. The minimum absolute atomic E-state index is 0.177. The second kappa shape index (κ2) is 5.57.